The van der Waals surface area contributed by atoms with E-state index in [9.17, 15) is 9.90 Å². The number of rotatable bonds is 5. The summed E-state index contributed by atoms with van der Waals surface area (Å²) in [6.45, 7) is 5.07. The van der Waals surface area contributed by atoms with E-state index in [4.69, 9.17) is 0 Å². The average Bonchev–Trinajstić information content (AvgIpc) is 3.05. The largest absolute Gasteiger partial charge is 0.481 e. The Hall–Kier alpha value is -1.39. The van der Waals surface area contributed by atoms with E-state index in [1.807, 2.05) is 4.68 Å². The van der Waals surface area contributed by atoms with Crippen LogP contribution in [0.3, 0.4) is 0 Å². The summed E-state index contributed by atoms with van der Waals surface area (Å²) in [6.07, 6.45) is 6.27. The molecule has 1 N–H and O–H groups in total. The third-order valence-corrected chi connectivity index (χ3v) is 5.11. The molecule has 5 heteroatoms. The zero-order chi connectivity index (χ0) is 14.3. The lowest BCUT2D eigenvalue weighted by Crippen LogP contribution is -2.39. The van der Waals surface area contributed by atoms with Crippen molar-refractivity contribution in [1.82, 2.24) is 14.8 Å². The number of aromatic nitrogens is 3. The van der Waals surface area contributed by atoms with Gasteiger partial charge in [0.15, 0.2) is 0 Å². The van der Waals surface area contributed by atoms with Crippen LogP contribution in [0.15, 0.2) is 6.33 Å². The molecule has 1 aromatic rings. The fourth-order valence-electron chi connectivity index (χ4n) is 4.20. The van der Waals surface area contributed by atoms with Crippen LogP contribution in [0.1, 0.15) is 45.4 Å². The van der Waals surface area contributed by atoms with E-state index in [1.165, 1.54) is 6.42 Å². The van der Waals surface area contributed by atoms with Crippen LogP contribution in [0.5, 0.6) is 0 Å². The van der Waals surface area contributed by atoms with Crippen molar-refractivity contribution in [2.24, 2.45) is 23.2 Å². The van der Waals surface area contributed by atoms with E-state index in [1.54, 1.807) is 6.33 Å². The summed E-state index contributed by atoms with van der Waals surface area (Å²) in [7, 11) is 0. The number of carbonyl (C=O) groups is 1. The van der Waals surface area contributed by atoms with Gasteiger partial charge >= 0.3 is 5.97 Å². The van der Waals surface area contributed by atoms with Gasteiger partial charge in [-0.2, -0.15) is 5.10 Å². The molecule has 5 nitrogen and oxygen atoms in total. The Morgan fingerprint density at radius 2 is 2.35 bits per heavy atom. The lowest BCUT2D eigenvalue weighted by Gasteiger charge is -2.33. The van der Waals surface area contributed by atoms with Gasteiger partial charge in [0.25, 0.3) is 0 Å². The number of fused-ring (bicyclic) bond motifs is 2. The summed E-state index contributed by atoms with van der Waals surface area (Å²) in [5.74, 6) is 1.63. The molecule has 110 valence electrons. The van der Waals surface area contributed by atoms with Gasteiger partial charge in [-0.15, -0.1) is 0 Å². The Balaban J connectivity index is 1.85. The first-order valence-corrected chi connectivity index (χ1v) is 7.61. The van der Waals surface area contributed by atoms with Gasteiger partial charge in [-0.3, -0.25) is 4.79 Å². The van der Waals surface area contributed by atoms with Gasteiger partial charge in [-0.05, 0) is 37.0 Å². The fraction of sp³-hybridized carbons (Fsp3) is 0.800. The van der Waals surface area contributed by atoms with Crippen molar-refractivity contribution in [3.8, 4) is 0 Å². The summed E-state index contributed by atoms with van der Waals surface area (Å²) in [6, 6.07) is 0. The minimum Gasteiger partial charge on any atom is -0.481 e. The molecule has 3 rings (SSSR count). The van der Waals surface area contributed by atoms with Crippen LogP contribution in [0.4, 0.5) is 0 Å². The van der Waals surface area contributed by atoms with Crippen molar-refractivity contribution in [3.63, 3.8) is 0 Å². The zero-order valence-electron chi connectivity index (χ0n) is 12.2. The first kappa shape index (κ1) is 13.6. The van der Waals surface area contributed by atoms with Crippen LogP contribution in [-0.4, -0.2) is 25.8 Å². The highest BCUT2D eigenvalue weighted by atomic mass is 16.4. The number of aliphatic carboxylic acids is 1. The van der Waals surface area contributed by atoms with Crippen molar-refractivity contribution in [3.05, 3.63) is 12.2 Å². The fourth-order valence-corrected chi connectivity index (χ4v) is 4.20. The van der Waals surface area contributed by atoms with Gasteiger partial charge in [-0.1, -0.05) is 20.3 Å². The number of carboxylic acids is 1. The quantitative estimate of drug-likeness (QED) is 0.897. The summed E-state index contributed by atoms with van der Waals surface area (Å²) in [5, 5.41) is 14.1. The van der Waals surface area contributed by atoms with Gasteiger partial charge in [0.1, 0.15) is 12.2 Å². The van der Waals surface area contributed by atoms with Gasteiger partial charge in [0, 0.05) is 13.0 Å². The Labute approximate surface area is 119 Å². The van der Waals surface area contributed by atoms with E-state index in [0.717, 1.165) is 31.6 Å². The molecule has 3 unspecified atom stereocenters. The van der Waals surface area contributed by atoms with E-state index in [-0.39, 0.29) is 0 Å². The van der Waals surface area contributed by atoms with Crippen LogP contribution < -0.4 is 0 Å². The second-order valence-electron chi connectivity index (χ2n) is 6.97. The molecular formula is C15H23N3O2. The Bertz CT molecular complexity index is 511. The minimum absolute atomic E-state index is 0.328. The van der Waals surface area contributed by atoms with Crippen molar-refractivity contribution < 1.29 is 9.90 Å². The molecule has 0 aliphatic heterocycles. The summed E-state index contributed by atoms with van der Waals surface area (Å²) in [5.41, 5.74) is -0.593. The van der Waals surface area contributed by atoms with Crippen LogP contribution in [0.2, 0.25) is 0 Å². The third kappa shape index (κ3) is 2.13. The average molecular weight is 277 g/mol. The molecule has 2 saturated carbocycles. The Morgan fingerprint density at radius 1 is 1.55 bits per heavy atom. The first-order chi connectivity index (χ1) is 9.51. The molecule has 0 radical (unpaired) electrons. The number of nitrogens with zero attached hydrogens (tertiary/aromatic N) is 3. The van der Waals surface area contributed by atoms with Crippen molar-refractivity contribution in [1.29, 1.82) is 0 Å². The molecule has 0 saturated heterocycles. The maximum Gasteiger partial charge on any atom is 0.310 e. The molecule has 2 bridgehead atoms. The maximum absolute atomic E-state index is 11.9. The lowest BCUT2D eigenvalue weighted by atomic mass is 9.70. The minimum atomic E-state index is -0.635. The molecule has 0 aromatic carbocycles. The molecule has 2 aliphatic rings. The molecule has 0 spiro atoms. The van der Waals surface area contributed by atoms with E-state index in [2.05, 4.69) is 23.9 Å². The number of hydrogen-bond donors (Lipinski definition) is 1. The van der Waals surface area contributed by atoms with Crippen LogP contribution >= 0.6 is 0 Å². The van der Waals surface area contributed by atoms with Crippen LogP contribution in [-0.2, 0) is 17.8 Å². The summed E-state index contributed by atoms with van der Waals surface area (Å²) < 4.78 is 1.89. The molecule has 20 heavy (non-hydrogen) atoms. The molecule has 2 fully saturated rings. The van der Waals surface area contributed by atoms with Gasteiger partial charge in [-0.25, -0.2) is 9.67 Å². The van der Waals surface area contributed by atoms with Gasteiger partial charge in [0.2, 0.25) is 0 Å². The highest BCUT2D eigenvalue weighted by molar-refractivity contribution is 5.76. The van der Waals surface area contributed by atoms with Crippen LogP contribution in [0, 0.1) is 23.2 Å². The third-order valence-electron chi connectivity index (χ3n) is 5.11. The SMILES string of the molecule is CC(C)Cn1ncnc1CC1(C(=O)O)CC2CCC1C2. The van der Waals surface area contributed by atoms with Crippen molar-refractivity contribution >= 4 is 5.97 Å². The van der Waals surface area contributed by atoms with Gasteiger partial charge in [0.05, 0.1) is 5.41 Å². The van der Waals surface area contributed by atoms with E-state index in [0.29, 0.717) is 24.2 Å². The zero-order valence-corrected chi connectivity index (χ0v) is 12.2. The van der Waals surface area contributed by atoms with E-state index < -0.39 is 11.4 Å². The normalized spacial score (nSPS) is 32.1. The molecule has 0 amide bonds. The Kier molecular flexibility index (Phi) is 3.30. The monoisotopic (exact) mass is 277 g/mol. The standard InChI is InChI=1S/C15H23N3O2/c1-10(2)8-18-13(16-9-17-18)7-15(14(19)20)6-11-3-4-12(15)5-11/h9-12H,3-8H2,1-2H3,(H,19,20). The predicted molar refractivity (Wildman–Crippen MR) is 74.1 cm³/mol. The highest BCUT2D eigenvalue weighted by Gasteiger charge is 2.56. The summed E-state index contributed by atoms with van der Waals surface area (Å²) in [4.78, 5) is 16.2. The highest BCUT2D eigenvalue weighted by Crippen LogP contribution is 2.57. The van der Waals surface area contributed by atoms with Crippen LogP contribution in [0.25, 0.3) is 0 Å². The lowest BCUT2D eigenvalue weighted by molar-refractivity contribution is -0.152. The topological polar surface area (TPSA) is 68.0 Å². The maximum atomic E-state index is 11.9. The first-order valence-electron chi connectivity index (χ1n) is 7.61. The number of carboxylic acid groups (broad SMARTS) is 1. The Morgan fingerprint density at radius 3 is 2.90 bits per heavy atom. The van der Waals surface area contributed by atoms with Crippen molar-refractivity contribution in [2.75, 3.05) is 0 Å². The molecular weight excluding hydrogens is 254 g/mol. The molecule has 2 aliphatic carbocycles. The molecule has 1 heterocycles. The van der Waals surface area contributed by atoms with Gasteiger partial charge < -0.3 is 5.11 Å². The summed E-state index contributed by atoms with van der Waals surface area (Å²) >= 11 is 0. The second-order valence-corrected chi connectivity index (χ2v) is 6.97. The smallest absolute Gasteiger partial charge is 0.310 e. The number of hydrogen-bond acceptors (Lipinski definition) is 3. The van der Waals surface area contributed by atoms with E-state index >= 15 is 0 Å². The molecule has 1 aromatic heterocycles. The molecule has 3 atom stereocenters. The van der Waals surface area contributed by atoms with Crippen molar-refractivity contribution in [2.45, 2.75) is 52.5 Å². The second kappa shape index (κ2) is 4.86. The predicted octanol–water partition coefficient (Wildman–Crippen LogP) is 2.37.